The summed E-state index contributed by atoms with van der Waals surface area (Å²) in [7, 11) is 0. The summed E-state index contributed by atoms with van der Waals surface area (Å²) in [6.45, 7) is 1.57. The van der Waals surface area contributed by atoms with Crippen LogP contribution in [0.4, 0.5) is 5.69 Å². The third-order valence-electron chi connectivity index (χ3n) is 3.05. The molecule has 0 aliphatic rings. The summed E-state index contributed by atoms with van der Waals surface area (Å²) in [6, 6.07) is 7.20. The topological polar surface area (TPSA) is 112 Å². The molecule has 1 unspecified atom stereocenters. The van der Waals surface area contributed by atoms with E-state index in [9.17, 15) is 19.7 Å². The molecule has 0 spiro atoms. The molecule has 1 aromatic heterocycles. The van der Waals surface area contributed by atoms with Crippen LogP contribution < -0.4 is 5.32 Å². The van der Waals surface area contributed by atoms with E-state index in [1.807, 2.05) is 0 Å². The van der Waals surface area contributed by atoms with Crippen molar-refractivity contribution in [2.24, 2.45) is 0 Å². The van der Waals surface area contributed by atoms with Crippen molar-refractivity contribution in [2.75, 3.05) is 0 Å². The van der Waals surface area contributed by atoms with Gasteiger partial charge in [-0.15, -0.1) is 0 Å². The van der Waals surface area contributed by atoms with E-state index < -0.39 is 22.9 Å². The van der Waals surface area contributed by atoms with Crippen molar-refractivity contribution in [3.8, 4) is 0 Å². The molecule has 0 aliphatic carbocycles. The molecule has 1 amide bonds. The molecule has 0 aliphatic heterocycles. The summed E-state index contributed by atoms with van der Waals surface area (Å²) in [6.07, 6.45) is 0.418. The molecule has 0 radical (unpaired) electrons. The van der Waals surface area contributed by atoms with Crippen LogP contribution in [0.1, 0.15) is 23.0 Å². The number of nitrogens with zero attached hydrogens (tertiary/aromatic N) is 1. The number of rotatable bonds is 6. The minimum atomic E-state index is -1.06. The third-order valence-corrected chi connectivity index (χ3v) is 3.72. The molecule has 2 aromatic rings. The Hall–Kier alpha value is -2.68. The van der Waals surface area contributed by atoms with Gasteiger partial charge < -0.3 is 14.5 Å². The highest BCUT2D eigenvalue weighted by Crippen LogP contribution is 2.26. The minimum absolute atomic E-state index is 0.0180. The van der Waals surface area contributed by atoms with E-state index in [1.54, 1.807) is 12.1 Å². The lowest BCUT2D eigenvalue weighted by atomic mass is 10.2. The van der Waals surface area contributed by atoms with E-state index in [4.69, 9.17) is 9.15 Å². The fourth-order valence-electron chi connectivity index (χ4n) is 1.79. The van der Waals surface area contributed by atoms with E-state index in [0.717, 1.165) is 6.07 Å². The Morgan fingerprint density at radius 3 is 2.79 bits per heavy atom. The Kier molecular flexibility index (Phi) is 5.69. The zero-order valence-electron chi connectivity index (χ0n) is 12.5. The van der Waals surface area contributed by atoms with E-state index in [1.165, 1.54) is 25.3 Å². The largest absolute Gasteiger partial charge is 0.467 e. The van der Waals surface area contributed by atoms with Gasteiger partial charge in [0.1, 0.15) is 5.76 Å². The van der Waals surface area contributed by atoms with Gasteiger partial charge >= 0.3 is 5.97 Å². The number of esters is 1. The number of furan rings is 1. The Bertz CT molecular complexity index is 759. The number of carbonyl (C=O) groups excluding carboxylic acids is 2. The van der Waals surface area contributed by atoms with Crippen molar-refractivity contribution in [2.45, 2.75) is 19.6 Å². The smallest absolute Gasteiger partial charge is 0.339 e. The van der Waals surface area contributed by atoms with Gasteiger partial charge in [0.2, 0.25) is 0 Å². The molecule has 24 heavy (non-hydrogen) atoms. The number of benzene rings is 1. The molecule has 1 N–H and O–H groups in total. The summed E-state index contributed by atoms with van der Waals surface area (Å²) in [5.74, 6) is -0.775. The molecular formula is C15H13BrN2O6. The average Bonchev–Trinajstić information content (AvgIpc) is 3.05. The minimum Gasteiger partial charge on any atom is -0.467 e. The number of amides is 1. The SMILES string of the molecule is CC(OC(=O)c1ccc(Br)c([N+](=O)[O-])c1)C(=O)NCc1ccco1. The van der Waals surface area contributed by atoms with E-state index >= 15 is 0 Å². The summed E-state index contributed by atoms with van der Waals surface area (Å²) >= 11 is 3.03. The van der Waals surface area contributed by atoms with Crippen LogP contribution in [0.15, 0.2) is 45.5 Å². The van der Waals surface area contributed by atoms with Gasteiger partial charge in [0.25, 0.3) is 11.6 Å². The lowest BCUT2D eigenvalue weighted by Crippen LogP contribution is -2.35. The van der Waals surface area contributed by atoms with Gasteiger partial charge in [-0.3, -0.25) is 14.9 Å². The fourth-order valence-corrected chi connectivity index (χ4v) is 2.18. The molecule has 9 heteroatoms. The van der Waals surface area contributed by atoms with Crippen LogP contribution in [-0.2, 0) is 16.1 Å². The maximum absolute atomic E-state index is 12.0. The molecule has 1 heterocycles. The molecule has 0 saturated heterocycles. The predicted octanol–water partition coefficient (Wildman–Crippen LogP) is 2.81. The number of hydrogen-bond acceptors (Lipinski definition) is 6. The van der Waals surface area contributed by atoms with Crippen molar-refractivity contribution in [3.05, 3.63) is 62.5 Å². The molecule has 0 bridgehead atoms. The molecule has 126 valence electrons. The maximum Gasteiger partial charge on any atom is 0.339 e. The van der Waals surface area contributed by atoms with Crippen LogP contribution in [0.2, 0.25) is 0 Å². The molecule has 8 nitrogen and oxygen atoms in total. The first kappa shape index (κ1) is 17.7. The Labute approximate surface area is 145 Å². The number of nitro benzene ring substituents is 1. The van der Waals surface area contributed by atoms with Gasteiger partial charge in [-0.05, 0) is 47.1 Å². The number of ether oxygens (including phenoxy) is 1. The third kappa shape index (κ3) is 4.42. The lowest BCUT2D eigenvalue weighted by Gasteiger charge is -2.13. The Balaban J connectivity index is 1.96. The van der Waals surface area contributed by atoms with Gasteiger partial charge in [-0.1, -0.05) is 0 Å². The number of hydrogen-bond donors (Lipinski definition) is 1. The Morgan fingerprint density at radius 1 is 1.42 bits per heavy atom. The van der Waals surface area contributed by atoms with Crippen LogP contribution in [0.25, 0.3) is 0 Å². The van der Waals surface area contributed by atoms with E-state index in [2.05, 4.69) is 21.2 Å². The average molecular weight is 397 g/mol. The molecule has 1 atom stereocenters. The predicted molar refractivity (Wildman–Crippen MR) is 86.2 cm³/mol. The first-order valence-electron chi connectivity index (χ1n) is 6.83. The highest BCUT2D eigenvalue weighted by molar-refractivity contribution is 9.10. The molecule has 2 rings (SSSR count). The molecule has 0 fully saturated rings. The van der Waals surface area contributed by atoms with Crippen molar-refractivity contribution >= 4 is 33.5 Å². The van der Waals surface area contributed by atoms with Crippen molar-refractivity contribution < 1.29 is 23.7 Å². The standard InChI is InChI=1S/C15H13BrN2O6/c1-9(14(19)17-8-11-3-2-6-23-11)24-15(20)10-4-5-12(16)13(7-10)18(21)22/h2-7,9H,8H2,1H3,(H,17,19). The van der Waals surface area contributed by atoms with Gasteiger partial charge in [-0.25, -0.2) is 4.79 Å². The van der Waals surface area contributed by atoms with Gasteiger partial charge in [0, 0.05) is 6.07 Å². The quantitative estimate of drug-likeness (QED) is 0.456. The first-order valence-corrected chi connectivity index (χ1v) is 7.63. The normalized spacial score (nSPS) is 11.6. The van der Waals surface area contributed by atoms with Gasteiger partial charge in [0.15, 0.2) is 6.10 Å². The molecule has 0 saturated carbocycles. The molecule has 1 aromatic carbocycles. The van der Waals surface area contributed by atoms with Crippen LogP contribution in [0.3, 0.4) is 0 Å². The second-order valence-electron chi connectivity index (χ2n) is 4.77. The van der Waals surface area contributed by atoms with Gasteiger partial charge in [-0.2, -0.15) is 0 Å². The number of nitrogens with one attached hydrogen (secondary N) is 1. The van der Waals surface area contributed by atoms with E-state index in [0.29, 0.717) is 5.76 Å². The summed E-state index contributed by atoms with van der Waals surface area (Å²) in [5.41, 5.74) is -0.282. The Morgan fingerprint density at radius 2 is 2.17 bits per heavy atom. The number of nitro groups is 1. The van der Waals surface area contributed by atoms with Crippen LogP contribution in [0, 0.1) is 10.1 Å². The zero-order chi connectivity index (χ0) is 17.7. The van der Waals surface area contributed by atoms with Crippen LogP contribution in [0.5, 0.6) is 0 Å². The second-order valence-corrected chi connectivity index (χ2v) is 5.62. The maximum atomic E-state index is 12.0. The number of halogens is 1. The van der Waals surface area contributed by atoms with Crippen molar-refractivity contribution in [3.63, 3.8) is 0 Å². The fraction of sp³-hybridized carbons (Fsp3) is 0.200. The van der Waals surface area contributed by atoms with Gasteiger partial charge in [0.05, 0.1) is 27.8 Å². The first-order chi connectivity index (χ1) is 11.4. The van der Waals surface area contributed by atoms with Crippen LogP contribution in [-0.4, -0.2) is 22.9 Å². The summed E-state index contributed by atoms with van der Waals surface area (Å²) in [5, 5.41) is 13.4. The van der Waals surface area contributed by atoms with Crippen molar-refractivity contribution in [1.29, 1.82) is 0 Å². The highest BCUT2D eigenvalue weighted by Gasteiger charge is 2.21. The summed E-state index contributed by atoms with van der Waals surface area (Å²) in [4.78, 5) is 34.2. The molecular weight excluding hydrogens is 384 g/mol. The van der Waals surface area contributed by atoms with Crippen LogP contribution >= 0.6 is 15.9 Å². The monoisotopic (exact) mass is 396 g/mol. The zero-order valence-corrected chi connectivity index (χ0v) is 14.1. The van der Waals surface area contributed by atoms with E-state index in [-0.39, 0.29) is 22.3 Å². The number of carbonyl (C=O) groups is 2. The highest BCUT2D eigenvalue weighted by atomic mass is 79.9. The second kappa shape index (κ2) is 7.73. The summed E-state index contributed by atoms with van der Waals surface area (Å²) < 4.78 is 10.3. The lowest BCUT2D eigenvalue weighted by molar-refractivity contribution is -0.385. The van der Waals surface area contributed by atoms with Crippen molar-refractivity contribution in [1.82, 2.24) is 5.32 Å².